The van der Waals surface area contributed by atoms with Crippen molar-refractivity contribution >= 4 is 5.97 Å². The molecule has 3 N–H and O–H groups in total. The Labute approximate surface area is 145 Å². The van der Waals surface area contributed by atoms with Crippen LogP contribution in [0, 0.1) is 0 Å². The summed E-state index contributed by atoms with van der Waals surface area (Å²) in [5.41, 5.74) is 0. The van der Waals surface area contributed by atoms with Crippen molar-refractivity contribution in [3.05, 3.63) is 48.6 Å². The Kier molecular flexibility index (Phi) is 15.1. The van der Waals surface area contributed by atoms with Gasteiger partial charge in [-0.05, 0) is 32.1 Å². The minimum Gasteiger partial charge on any atom is -0.481 e. The number of carboxylic acids is 1. The second-order valence-electron chi connectivity index (χ2n) is 5.78. The van der Waals surface area contributed by atoms with Gasteiger partial charge in [-0.1, -0.05) is 68.4 Å². The highest BCUT2D eigenvalue weighted by atomic mass is 16.4. The van der Waals surface area contributed by atoms with Crippen molar-refractivity contribution in [1.82, 2.24) is 0 Å². The smallest absolute Gasteiger partial charge is 0.303 e. The first-order valence-electron chi connectivity index (χ1n) is 8.80. The van der Waals surface area contributed by atoms with Gasteiger partial charge in [0.05, 0.1) is 12.2 Å². The van der Waals surface area contributed by atoms with Gasteiger partial charge in [0.15, 0.2) is 0 Å². The highest BCUT2D eigenvalue weighted by Gasteiger charge is 2.01. The number of hydrogen-bond acceptors (Lipinski definition) is 3. The van der Waals surface area contributed by atoms with Crippen LogP contribution in [-0.4, -0.2) is 33.5 Å². The summed E-state index contributed by atoms with van der Waals surface area (Å²) in [6.07, 6.45) is 19.8. The molecule has 0 aromatic carbocycles. The molecule has 0 bridgehead atoms. The van der Waals surface area contributed by atoms with Crippen LogP contribution in [0.3, 0.4) is 0 Å². The quantitative estimate of drug-likeness (QED) is 0.253. The van der Waals surface area contributed by atoms with Gasteiger partial charge in [-0.2, -0.15) is 0 Å². The minimum absolute atomic E-state index is 0.0778. The van der Waals surface area contributed by atoms with E-state index in [4.69, 9.17) is 5.11 Å². The summed E-state index contributed by atoms with van der Waals surface area (Å²) in [5.74, 6) is -0.842. The van der Waals surface area contributed by atoms with Gasteiger partial charge in [0.1, 0.15) is 0 Å². The van der Waals surface area contributed by atoms with Crippen molar-refractivity contribution in [2.24, 2.45) is 0 Å². The van der Waals surface area contributed by atoms with E-state index >= 15 is 0 Å². The van der Waals surface area contributed by atoms with Gasteiger partial charge in [0.2, 0.25) is 0 Å². The van der Waals surface area contributed by atoms with Gasteiger partial charge in [-0.3, -0.25) is 4.79 Å². The number of allylic oxidation sites excluding steroid dienone is 5. The third kappa shape index (κ3) is 16.7. The molecule has 0 saturated carbocycles. The summed E-state index contributed by atoms with van der Waals surface area (Å²) < 4.78 is 0. The van der Waals surface area contributed by atoms with Crippen LogP contribution in [0.15, 0.2) is 48.6 Å². The minimum atomic E-state index is -0.842. The van der Waals surface area contributed by atoms with E-state index in [1.54, 1.807) is 36.5 Å². The van der Waals surface area contributed by atoms with E-state index in [1.807, 2.05) is 6.08 Å². The lowest BCUT2D eigenvalue weighted by Gasteiger charge is -2.02. The van der Waals surface area contributed by atoms with Crippen LogP contribution < -0.4 is 0 Å². The summed E-state index contributed by atoms with van der Waals surface area (Å²) in [7, 11) is 0. The van der Waals surface area contributed by atoms with E-state index in [2.05, 4.69) is 13.0 Å². The van der Waals surface area contributed by atoms with Gasteiger partial charge in [-0.15, -0.1) is 0 Å². The highest BCUT2D eigenvalue weighted by molar-refractivity contribution is 5.66. The second-order valence-corrected chi connectivity index (χ2v) is 5.78. The normalized spacial score (nSPS) is 15.1. The molecule has 0 rings (SSSR count). The van der Waals surface area contributed by atoms with Gasteiger partial charge in [0, 0.05) is 6.42 Å². The first-order valence-corrected chi connectivity index (χ1v) is 8.80. The molecule has 4 nitrogen and oxygen atoms in total. The highest BCUT2D eigenvalue weighted by Crippen LogP contribution is 2.03. The Bertz CT molecular complexity index is 421. The largest absolute Gasteiger partial charge is 0.481 e. The average molecular weight is 336 g/mol. The van der Waals surface area contributed by atoms with Crippen molar-refractivity contribution in [2.75, 3.05) is 0 Å². The van der Waals surface area contributed by atoms with Crippen molar-refractivity contribution < 1.29 is 20.1 Å². The maximum Gasteiger partial charge on any atom is 0.303 e. The molecule has 0 aromatic heterocycles. The molecule has 0 aliphatic carbocycles. The van der Waals surface area contributed by atoms with E-state index in [0.717, 1.165) is 6.42 Å². The molecular weight excluding hydrogens is 304 g/mol. The summed E-state index contributed by atoms with van der Waals surface area (Å²) in [5, 5.41) is 27.9. The van der Waals surface area contributed by atoms with Crippen LogP contribution in [0.2, 0.25) is 0 Å². The van der Waals surface area contributed by atoms with E-state index in [0.29, 0.717) is 19.3 Å². The zero-order valence-corrected chi connectivity index (χ0v) is 14.7. The lowest BCUT2D eigenvalue weighted by Crippen LogP contribution is -2.03. The zero-order valence-electron chi connectivity index (χ0n) is 14.7. The topological polar surface area (TPSA) is 77.8 Å². The summed E-state index contributed by atoms with van der Waals surface area (Å²) in [6.45, 7) is 2.18. The average Bonchev–Trinajstić information content (AvgIpc) is 2.53. The fraction of sp³-hybridized carbons (Fsp3) is 0.550. The van der Waals surface area contributed by atoms with Crippen molar-refractivity contribution in [1.29, 1.82) is 0 Å². The Morgan fingerprint density at radius 1 is 0.917 bits per heavy atom. The predicted molar refractivity (Wildman–Crippen MR) is 98.8 cm³/mol. The second kappa shape index (κ2) is 16.2. The Morgan fingerprint density at radius 3 is 2.21 bits per heavy atom. The number of aliphatic hydroxyl groups is 2. The Morgan fingerprint density at radius 2 is 1.58 bits per heavy atom. The van der Waals surface area contributed by atoms with Crippen molar-refractivity contribution in [3.8, 4) is 0 Å². The molecule has 0 fully saturated rings. The first kappa shape index (κ1) is 22.4. The maximum atomic E-state index is 10.3. The number of unbranched alkanes of at least 4 members (excludes halogenated alkanes) is 3. The number of aliphatic carboxylic acids is 1. The number of carbonyl (C=O) groups is 1. The number of rotatable bonds is 14. The molecule has 2 unspecified atom stereocenters. The number of hydrogen-bond donors (Lipinski definition) is 3. The van der Waals surface area contributed by atoms with Gasteiger partial charge in [0.25, 0.3) is 0 Å². The molecule has 136 valence electrons. The molecule has 0 saturated heterocycles. The standard InChI is InChI=1S/C20H32O4/c1-2-3-4-5-6-9-13-18(21)14-10-7-8-11-15-19(22)16-12-17-20(23)24/h6-11,14-15,18-19,21-22H,2-5,12-13,16-17H2,1H3,(H,23,24). The lowest BCUT2D eigenvalue weighted by atomic mass is 10.1. The molecule has 2 atom stereocenters. The summed E-state index contributed by atoms with van der Waals surface area (Å²) in [4.78, 5) is 10.3. The van der Waals surface area contributed by atoms with Crippen LogP contribution >= 0.6 is 0 Å². The van der Waals surface area contributed by atoms with Crippen LogP contribution in [0.4, 0.5) is 0 Å². The van der Waals surface area contributed by atoms with Crippen molar-refractivity contribution in [2.45, 2.75) is 70.5 Å². The molecule has 0 aromatic rings. The van der Waals surface area contributed by atoms with Crippen LogP contribution in [0.5, 0.6) is 0 Å². The molecule has 0 spiro atoms. The Hall–Kier alpha value is -1.65. The monoisotopic (exact) mass is 336 g/mol. The maximum absolute atomic E-state index is 10.3. The van der Waals surface area contributed by atoms with Crippen LogP contribution in [0.25, 0.3) is 0 Å². The zero-order chi connectivity index (χ0) is 18.0. The molecule has 24 heavy (non-hydrogen) atoms. The molecule has 0 aliphatic rings. The summed E-state index contributed by atoms with van der Waals surface area (Å²) >= 11 is 0. The third-order valence-electron chi connectivity index (χ3n) is 3.41. The molecule has 0 heterocycles. The fourth-order valence-electron chi connectivity index (χ4n) is 2.02. The third-order valence-corrected chi connectivity index (χ3v) is 3.41. The first-order chi connectivity index (χ1) is 11.6. The summed E-state index contributed by atoms with van der Waals surface area (Å²) in [6, 6.07) is 0. The van der Waals surface area contributed by atoms with Crippen LogP contribution in [0.1, 0.15) is 58.3 Å². The van der Waals surface area contributed by atoms with Gasteiger partial charge in [-0.25, -0.2) is 0 Å². The number of aliphatic hydroxyl groups excluding tert-OH is 2. The molecule has 4 heteroatoms. The Balaban J connectivity index is 3.81. The predicted octanol–water partition coefficient (Wildman–Crippen LogP) is 4.16. The SMILES string of the molecule is CCCCCC=CCC(O)C=CC=CC=CC(O)CCCC(=O)O. The lowest BCUT2D eigenvalue weighted by molar-refractivity contribution is -0.137. The molecule has 0 amide bonds. The molecule has 0 aliphatic heterocycles. The molecule has 0 radical (unpaired) electrons. The van der Waals surface area contributed by atoms with Gasteiger partial charge < -0.3 is 15.3 Å². The van der Waals surface area contributed by atoms with E-state index in [1.165, 1.54) is 19.3 Å². The fourth-order valence-corrected chi connectivity index (χ4v) is 2.02. The van der Waals surface area contributed by atoms with Crippen molar-refractivity contribution in [3.63, 3.8) is 0 Å². The van der Waals surface area contributed by atoms with E-state index < -0.39 is 18.2 Å². The molecular formula is C20H32O4. The number of carboxylic acid groups (broad SMARTS) is 1. The van der Waals surface area contributed by atoms with Crippen LogP contribution in [-0.2, 0) is 4.79 Å². The van der Waals surface area contributed by atoms with E-state index in [9.17, 15) is 15.0 Å². The van der Waals surface area contributed by atoms with Gasteiger partial charge >= 0.3 is 5.97 Å². The van der Waals surface area contributed by atoms with E-state index in [-0.39, 0.29) is 6.42 Å².